The summed E-state index contributed by atoms with van der Waals surface area (Å²) < 4.78 is 21.8. The van der Waals surface area contributed by atoms with Crippen LogP contribution in [0.1, 0.15) is 22.3 Å². The molecule has 0 bridgehead atoms. The van der Waals surface area contributed by atoms with Crippen molar-refractivity contribution < 1.29 is 43.5 Å². The average molecular weight is 469 g/mol. The number of aliphatic carboxylic acids is 1. The minimum absolute atomic E-state index is 0.0247. The second-order valence-electron chi connectivity index (χ2n) is 7.78. The molecule has 0 radical (unpaired) electrons. The standard InChI is InChI=1S/C24H23NO9/c1-31-15-4-6-19(32-2)13(7-15)8-21-23(28)17-5-3-16(10-20(17)34-21)33-12-22(27)25-11-14(26)9-18(25)24(29)30/h3-8,10,14,18,26H,9,11-12H2,1-2H3,(H,29,30)/b21-8-/t14-,18+/m1/s1. The Labute approximate surface area is 194 Å². The summed E-state index contributed by atoms with van der Waals surface area (Å²) in [6.07, 6.45) is 0.638. The third-order valence-electron chi connectivity index (χ3n) is 5.61. The first-order chi connectivity index (χ1) is 16.3. The number of carbonyl (C=O) groups is 3. The first kappa shape index (κ1) is 23.1. The summed E-state index contributed by atoms with van der Waals surface area (Å²) in [5.41, 5.74) is 0.932. The summed E-state index contributed by atoms with van der Waals surface area (Å²) in [6, 6.07) is 8.61. The number of methoxy groups -OCH3 is 2. The lowest BCUT2D eigenvalue weighted by atomic mass is 10.1. The number of hydrogen-bond acceptors (Lipinski definition) is 8. The second-order valence-corrected chi connectivity index (χ2v) is 7.78. The van der Waals surface area contributed by atoms with Gasteiger partial charge in [0.15, 0.2) is 12.4 Å². The minimum Gasteiger partial charge on any atom is -0.497 e. The summed E-state index contributed by atoms with van der Waals surface area (Å²) in [5, 5.41) is 19.0. The van der Waals surface area contributed by atoms with Crippen molar-refractivity contribution in [3.63, 3.8) is 0 Å². The van der Waals surface area contributed by atoms with Gasteiger partial charge in [0.1, 0.15) is 29.0 Å². The maximum absolute atomic E-state index is 12.8. The van der Waals surface area contributed by atoms with Crippen LogP contribution in [0, 0.1) is 0 Å². The Balaban J connectivity index is 1.47. The van der Waals surface area contributed by atoms with Gasteiger partial charge in [0.2, 0.25) is 5.78 Å². The number of carbonyl (C=O) groups excluding carboxylic acids is 2. The first-order valence-electron chi connectivity index (χ1n) is 10.4. The van der Waals surface area contributed by atoms with Gasteiger partial charge >= 0.3 is 5.97 Å². The number of allylic oxidation sites excluding steroid dienone is 1. The normalized spacial score (nSPS) is 20.1. The van der Waals surface area contributed by atoms with E-state index in [9.17, 15) is 24.6 Å². The van der Waals surface area contributed by atoms with E-state index < -0.39 is 30.6 Å². The molecule has 1 fully saturated rings. The van der Waals surface area contributed by atoms with Crippen molar-refractivity contribution in [2.45, 2.75) is 18.6 Å². The van der Waals surface area contributed by atoms with Crippen molar-refractivity contribution in [3.05, 3.63) is 53.3 Å². The molecule has 2 aromatic carbocycles. The Morgan fingerprint density at radius 3 is 2.62 bits per heavy atom. The van der Waals surface area contributed by atoms with Crippen LogP contribution in [0.2, 0.25) is 0 Å². The number of hydrogen-bond donors (Lipinski definition) is 2. The average Bonchev–Trinajstić information content (AvgIpc) is 3.37. The van der Waals surface area contributed by atoms with E-state index in [-0.39, 0.29) is 36.0 Å². The van der Waals surface area contributed by atoms with Crippen LogP contribution in [0.15, 0.2) is 42.2 Å². The highest BCUT2D eigenvalue weighted by Crippen LogP contribution is 2.36. The molecule has 10 nitrogen and oxygen atoms in total. The number of nitrogens with zero attached hydrogens (tertiary/aromatic N) is 1. The fourth-order valence-electron chi connectivity index (χ4n) is 3.90. The molecule has 4 rings (SSSR count). The van der Waals surface area contributed by atoms with Gasteiger partial charge in [-0.1, -0.05) is 0 Å². The van der Waals surface area contributed by atoms with E-state index in [1.807, 2.05) is 0 Å². The van der Waals surface area contributed by atoms with Gasteiger partial charge < -0.3 is 34.1 Å². The molecule has 0 aliphatic carbocycles. The second kappa shape index (κ2) is 9.44. The van der Waals surface area contributed by atoms with Crippen LogP contribution < -0.4 is 18.9 Å². The number of carboxylic acid groups (broad SMARTS) is 1. The number of ether oxygens (including phenoxy) is 4. The summed E-state index contributed by atoms with van der Waals surface area (Å²) in [4.78, 5) is 37.6. The van der Waals surface area contributed by atoms with Crippen LogP contribution in [0.3, 0.4) is 0 Å². The zero-order valence-electron chi connectivity index (χ0n) is 18.5. The highest BCUT2D eigenvalue weighted by atomic mass is 16.5. The van der Waals surface area contributed by atoms with E-state index >= 15 is 0 Å². The van der Waals surface area contributed by atoms with Crippen molar-refractivity contribution in [2.75, 3.05) is 27.4 Å². The number of aliphatic hydroxyl groups excluding tert-OH is 1. The van der Waals surface area contributed by atoms with Crippen LogP contribution in [0.5, 0.6) is 23.0 Å². The van der Waals surface area contributed by atoms with Gasteiger partial charge in [-0.2, -0.15) is 0 Å². The molecule has 0 saturated carbocycles. The fourth-order valence-corrected chi connectivity index (χ4v) is 3.90. The van der Waals surface area contributed by atoms with Gasteiger partial charge in [-0.15, -0.1) is 0 Å². The number of amides is 1. The van der Waals surface area contributed by atoms with E-state index in [2.05, 4.69) is 0 Å². The number of Topliss-reactive ketones (excluding diaryl/α,β-unsaturated/α-hetero) is 1. The Morgan fingerprint density at radius 1 is 1.15 bits per heavy atom. The molecule has 1 amide bonds. The topological polar surface area (TPSA) is 132 Å². The SMILES string of the molecule is COc1ccc(OC)c(/C=C2\Oc3cc(OCC(=O)N4C[C@H](O)C[C@H]4C(=O)O)ccc3C2=O)c1. The molecule has 1 saturated heterocycles. The number of ketones is 1. The number of benzene rings is 2. The molecule has 2 atom stereocenters. The maximum Gasteiger partial charge on any atom is 0.326 e. The molecule has 0 spiro atoms. The van der Waals surface area contributed by atoms with Crippen molar-refractivity contribution in [2.24, 2.45) is 0 Å². The molecule has 10 heteroatoms. The molecule has 34 heavy (non-hydrogen) atoms. The maximum atomic E-state index is 12.8. The van der Waals surface area contributed by atoms with Crippen LogP contribution >= 0.6 is 0 Å². The van der Waals surface area contributed by atoms with E-state index in [4.69, 9.17) is 18.9 Å². The van der Waals surface area contributed by atoms with Crippen LogP contribution in [-0.2, 0) is 9.59 Å². The number of aliphatic hydroxyl groups is 1. The molecule has 2 aliphatic rings. The molecule has 178 valence electrons. The highest BCUT2D eigenvalue weighted by molar-refractivity contribution is 6.14. The third kappa shape index (κ3) is 4.53. The summed E-state index contributed by atoms with van der Waals surface area (Å²) >= 11 is 0. The molecule has 2 N–H and O–H groups in total. The van der Waals surface area contributed by atoms with Gasteiger partial charge in [0, 0.05) is 24.6 Å². The Bertz CT molecular complexity index is 1170. The zero-order valence-corrected chi connectivity index (χ0v) is 18.5. The van der Waals surface area contributed by atoms with E-state index in [1.165, 1.54) is 32.4 Å². The summed E-state index contributed by atoms with van der Waals surface area (Å²) in [6.45, 7) is -0.490. The monoisotopic (exact) mass is 469 g/mol. The first-order valence-corrected chi connectivity index (χ1v) is 10.4. The van der Waals surface area contributed by atoms with Gasteiger partial charge in [-0.25, -0.2) is 4.79 Å². The minimum atomic E-state index is -1.18. The lowest BCUT2D eigenvalue weighted by Crippen LogP contribution is -2.42. The quantitative estimate of drug-likeness (QED) is 0.582. The van der Waals surface area contributed by atoms with Gasteiger partial charge in [0.05, 0.1) is 25.9 Å². The number of carboxylic acids is 1. The smallest absolute Gasteiger partial charge is 0.326 e. The molecule has 0 unspecified atom stereocenters. The largest absolute Gasteiger partial charge is 0.497 e. The number of likely N-dealkylation sites (tertiary alicyclic amines) is 1. The predicted molar refractivity (Wildman–Crippen MR) is 118 cm³/mol. The van der Waals surface area contributed by atoms with Crippen molar-refractivity contribution in [1.29, 1.82) is 0 Å². The van der Waals surface area contributed by atoms with E-state index in [1.54, 1.807) is 24.3 Å². The molecule has 2 heterocycles. The zero-order chi connectivity index (χ0) is 24.4. The van der Waals surface area contributed by atoms with Gasteiger partial charge in [0.25, 0.3) is 5.91 Å². The molecule has 2 aliphatic heterocycles. The van der Waals surface area contributed by atoms with Gasteiger partial charge in [-0.05, 0) is 36.4 Å². The molecular formula is C24H23NO9. The Kier molecular flexibility index (Phi) is 6.42. The van der Waals surface area contributed by atoms with Crippen molar-refractivity contribution in [3.8, 4) is 23.0 Å². The fraction of sp³-hybridized carbons (Fsp3) is 0.292. The number of fused-ring (bicyclic) bond motifs is 1. The van der Waals surface area contributed by atoms with Crippen LogP contribution in [-0.4, -0.2) is 72.3 Å². The van der Waals surface area contributed by atoms with Crippen LogP contribution in [0.25, 0.3) is 6.08 Å². The van der Waals surface area contributed by atoms with Crippen molar-refractivity contribution >= 4 is 23.7 Å². The molecular weight excluding hydrogens is 446 g/mol. The van der Waals surface area contributed by atoms with Gasteiger partial charge in [-0.3, -0.25) is 9.59 Å². The number of β-amino-alcohol motifs (C(OH)–C–C–N with tert-alkyl or cyclic N) is 1. The van der Waals surface area contributed by atoms with Crippen molar-refractivity contribution in [1.82, 2.24) is 4.90 Å². The summed E-state index contributed by atoms with van der Waals surface area (Å²) in [5.74, 6) is -0.312. The van der Waals surface area contributed by atoms with Crippen LogP contribution in [0.4, 0.5) is 0 Å². The lowest BCUT2D eigenvalue weighted by Gasteiger charge is -2.21. The predicted octanol–water partition coefficient (Wildman–Crippen LogP) is 1.75. The Morgan fingerprint density at radius 2 is 1.91 bits per heavy atom. The van der Waals surface area contributed by atoms with E-state index in [0.717, 1.165) is 4.90 Å². The lowest BCUT2D eigenvalue weighted by molar-refractivity contribution is -0.148. The van der Waals surface area contributed by atoms with E-state index in [0.29, 0.717) is 22.6 Å². The number of rotatable bonds is 7. The third-order valence-corrected chi connectivity index (χ3v) is 5.61. The molecule has 2 aromatic rings. The molecule has 0 aromatic heterocycles. The highest BCUT2D eigenvalue weighted by Gasteiger charge is 2.39. The summed E-state index contributed by atoms with van der Waals surface area (Å²) in [7, 11) is 3.05. The Hall–Kier alpha value is -4.05.